The molecule has 0 aliphatic carbocycles. The van der Waals surface area contributed by atoms with Crippen molar-refractivity contribution in [1.29, 1.82) is 0 Å². The van der Waals surface area contributed by atoms with Crippen molar-refractivity contribution in [3.63, 3.8) is 0 Å². The van der Waals surface area contributed by atoms with Gasteiger partial charge in [-0.3, -0.25) is 0 Å². The maximum absolute atomic E-state index is 6.09. The second kappa shape index (κ2) is 15.6. The van der Waals surface area contributed by atoms with E-state index in [9.17, 15) is 0 Å². The molecule has 7 heteroatoms. The lowest BCUT2D eigenvalue weighted by atomic mass is 9.72. The Morgan fingerprint density at radius 2 is 1.27 bits per heavy atom. The van der Waals surface area contributed by atoms with Crippen LogP contribution in [0.15, 0.2) is 66.7 Å². The molecule has 0 spiro atoms. The lowest BCUT2D eigenvalue weighted by Crippen LogP contribution is -3.00. The number of hydrogen-bond acceptors (Lipinski definition) is 3. The fraction of sp³-hybridized carbons (Fsp3) is 0.471. The summed E-state index contributed by atoms with van der Waals surface area (Å²) in [4.78, 5) is 0. The van der Waals surface area contributed by atoms with Crippen LogP contribution in [-0.4, -0.2) is 44.9 Å². The number of likely N-dealkylation sites (N-methyl/N-ethyl adjacent to an activating group) is 1. The number of halogens is 3. The molecule has 3 aromatic carbocycles. The fourth-order valence-corrected chi connectivity index (χ4v) is 5.44. The summed E-state index contributed by atoms with van der Waals surface area (Å²) in [5.74, 6) is 1.71. The minimum absolute atomic E-state index is 0. The van der Waals surface area contributed by atoms with Crippen LogP contribution in [0.1, 0.15) is 57.7 Å². The van der Waals surface area contributed by atoms with Crippen LogP contribution >= 0.6 is 23.2 Å². The second-order valence-corrected chi connectivity index (χ2v) is 13.9. The fourth-order valence-electron chi connectivity index (χ4n) is 5.12. The van der Waals surface area contributed by atoms with Crippen molar-refractivity contribution in [3.05, 3.63) is 93.5 Å². The average Bonchev–Trinajstić information content (AvgIpc) is 2.86. The van der Waals surface area contributed by atoms with Crippen LogP contribution in [0.5, 0.6) is 11.5 Å². The molecule has 0 unspecified atom stereocenters. The summed E-state index contributed by atoms with van der Waals surface area (Å²) in [5.41, 5.74) is 4.00. The van der Waals surface area contributed by atoms with Gasteiger partial charge in [0.25, 0.3) is 0 Å². The first-order valence-electron chi connectivity index (χ1n) is 14.0. The summed E-state index contributed by atoms with van der Waals surface area (Å²) < 4.78 is 18.5. The van der Waals surface area contributed by atoms with Crippen LogP contribution < -0.4 is 26.5 Å². The Kier molecular flexibility index (Phi) is 13.5. The first kappa shape index (κ1) is 35.4. The summed E-state index contributed by atoms with van der Waals surface area (Å²) in [5, 5.41) is 1.08. The highest BCUT2D eigenvalue weighted by Crippen LogP contribution is 2.36. The predicted molar refractivity (Wildman–Crippen MR) is 168 cm³/mol. The van der Waals surface area contributed by atoms with Crippen molar-refractivity contribution in [2.45, 2.75) is 59.6 Å². The number of ether oxygens (including phenoxy) is 3. The number of hydrogen-bond donors (Lipinski definition) is 0. The molecular weight excluding hydrogens is 621 g/mol. The third kappa shape index (κ3) is 12.6. The largest absolute Gasteiger partial charge is 1.00 e. The van der Waals surface area contributed by atoms with E-state index < -0.39 is 0 Å². The summed E-state index contributed by atoms with van der Waals surface area (Å²) in [6.07, 6.45) is 1.13. The van der Waals surface area contributed by atoms with Crippen LogP contribution in [-0.2, 0) is 23.3 Å². The van der Waals surface area contributed by atoms with E-state index in [0.717, 1.165) is 41.1 Å². The van der Waals surface area contributed by atoms with Crippen molar-refractivity contribution in [2.75, 3.05) is 40.5 Å². The third-order valence-corrected chi connectivity index (χ3v) is 7.61. The molecular formula is C34H46BrCl2NO3. The van der Waals surface area contributed by atoms with E-state index in [1.807, 2.05) is 24.3 Å². The van der Waals surface area contributed by atoms with E-state index in [-0.39, 0.29) is 27.8 Å². The molecule has 4 nitrogen and oxygen atoms in total. The zero-order valence-electron chi connectivity index (χ0n) is 25.6. The first-order chi connectivity index (χ1) is 18.7. The smallest absolute Gasteiger partial charge is 0.119 e. The predicted octanol–water partition coefficient (Wildman–Crippen LogP) is 5.96. The van der Waals surface area contributed by atoms with Gasteiger partial charge in [-0.25, -0.2) is 0 Å². The van der Waals surface area contributed by atoms with E-state index >= 15 is 0 Å². The van der Waals surface area contributed by atoms with Crippen molar-refractivity contribution in [3.8, 4) is 11.5 Å². The summed E-state index contributed by atoms with van der Waals surface area (Å²) in [7, 11) is 4.44. The van der Waals surface area contributed by atoms with Gasteiger partial charge in [-0.15, -0.1) is 0 Å². The molecule has 0 atom stereocenters. The van der Waals surface area contributed by atoms with Gasteiger partial charge in [0.1, 0.15) is 37.8 Å². The second-order valence-electron chi connectivity index (χ2n) is 13.1. The van der Waals surface area contributed by atoms with Crippen molar-refractivity contribution in [2.24, 2.45) is 5.41 Å². The SMILES string of the molecule is CC(C)(C)CC(C)(C)c1ccc(OCCOCC[N+](C)(C)Cc2ccc(OCc3ccc(Cl)c(Cl)c3)cc2)cc1.[Br-]. The lowest BCUT2D eigenvalue weighted by molar-refractivity contribution is -0.904. The Balaban J connectivity index is 0.00000588. The van der Waals surface area contributed by atoms with Gasteiger partial charge in [-0.2, -0.15) is 0 Å². The van der Waals surface area contributed by atoms with Crippen LogP contribution in [0.4, 0.5) is 0 Å². The molecule has 0 radical (unpaired) electrons. The van der Waals surface area contributed by atoms with Crippen molar-refractivity contribution >= 4 is 23.2 Å². The zero-order chi connectivity index (χ0) is 29.4. The van der Waals surface area contributed by atoms with E-state index in [0.29, 0.717) is 36.5 Å². The monoisotopic (exact) mass is 665 g/mol. The molecule has 0 bridgehead atoms. The molecule has 0 aromatic heterocycles. The highest BCUT2D eigenvalue weighted by Gasteiger charge is 2.27. The van der Waals surface area contributed by atoms with Crippen LogP contribution in [0.3, 0.4) is 0 Å². The topological polar surface area (TPSA) is 27.7 Å². The molecule has 0 N–H and O–H groups in total. The van der Waals surface area contributed by atoms with Crippen molar-refractivity contribution in [1.82, 2.24) is 0 Å². The molecule has 41 heavy (non-hydrogen) atoms. The Morgan fingerprint density at radius 1 is 0.683 bits per heavy atom. The molecule has 226 valence electrons. The lowest BCUT2D eigenvalue weighted by Gasteiger charge is -2.33. The van der Waals surface area contributed by atoms with Gasteiger partial charge in [0.05, 0.1) is 37.4 Å². The van der Waals surface area contributed by atoms with Crippen LogP contribution in [0.25, 0.3) is 0 Å². The number of quaternary nitrogens is 1. The highest BCUT2D eigenvalue weighted by molar-refractivity contribution is 6.42. The quantitative estimate of drug-likeness (QED) is 0.157. The van der Waals surface area contributed by atoms with Gasteiger partial charge in [0.15, 0.2) is 0 Å². The normalized spacial score (nSPS) is 12.1. The summed E-state index contributed by atoms with van der Waals surface area (Å²) in [6.45, 7) is 15.6. The van der Waals surface area contributed by atoms with E-state index in [1.165, 1.54) is 11.1 Å². The summed E-state index contributed by atoms with van der Waals surface area (Å²) in [6, 6.07) is 22.3. The number of benzene rings is 3. The third-order valence-electron chi connectivity index (χ3n) is 6.87. The van der Waals surface area contributed by atoms with Crippen LogP contribution in [0, 0.1) is 5.41 Å². The van der Waals surface area contributed by atoms with Gasteiger partial charge in [-0.05, 0) is 76.9 Å². The van der Waals surface area contributed by atoms with E-state index in [1.54, 1.807) is 6.07 Å². The minimum atomic E-state index is 0. The van der Waals surface area contributed by atoms with E-state index in [2.05, 4.69) is 85.1 Å². The molecule has 0 aliphatic heterocycles. The number of rotatable bonds is 14. The standard InChI is InChI=1S/C34H46Cl2NO3.BrH/c1-33(2,3)25-34(4,5)28-11-15-29(16-12-28)39-21-20-38-19-18-37(6,7)23-26-8-13-30(14-9-26)40-24-27-10-17-31(35)32(36)22-27;/h8-17,22H,18-21,23-25H2,1-7H3;1H/q+1;/p-1. The van der Waals surface area contributed by atoms with Gasteiger partial charge in [-0.1, -0.05) is 76.0 Å². The van der Waals surface area contributed by atoms with Gasteiger partial charge < -0.3 is 35.7 Å². The molecule has 0 amide bonds. The molecule has 0 fully saturated rings. The molecule has 3 rings (SSSR count). The minimum Gasteiger partial charge on any atom is -1.00 e. The van der Waals surface area contributed by atoms with Crippen molar-refractivity contribution < 1.29 is 35.7 Å². The maximum atomic E-state index is 6.09. The van der Waals surface area contributed by atoms with Gasteiger partial charge >= 0.3 is 0 Å². The van der Waals surface area contributed by atoms with E-state index in [4.69, 9.17) is 37.4 Å². The molecule has 3 aromatic rings. The summed E-state index contributed by atoms with van der Waals surface area (Å²) >= 11 is 12.1. The highest BCUT2D eigenvalue weighted by atomic mass is 79.9. The molecule has 0 saturated carbocycles. The molecule has 0 aliphatic rings. The zero-order valence-corrected chi connectivity index (χ0v) is 28.7. The molecule has 0 saturated heterocycles. The Morgan fingerprint density at radius 3 is 1.88 bits per heavy atom. The molecule has 0 heterocycles. The van der Waals surface area contributed by atoms with Gasteiger partial charge in [0.2, 0.25) is 0 Å². The van der Waals surface area contributed by atoms with Gasteiger partial charge in [0, 0.05) is 5.56 Å². The number of nitrogens with zero attached hydrogens (tertiary/aromatic N) is 1. The average molecular weight is 668 g/mol. The first-order valence-corrected chi connectivity index (χ1v) is 14.8. The Labute approximate surface area is 268 Å². The maximum Gasteiger partial charge on any atom is 0.119 e. The van der Waals surface area contributed by atoms with Crippen LogP contribution in [0.2, 0.25) is 10.0 Å². The Hall–Kier alpha value is -1.76. The Bertz CT molecular complexity index is 1210.